The zero-order valence-electron chi connectivity index (χ0n) is 12.9. The molecule has 7 nitrogen and oxygen atoms in total. The quantitative estimate of drug-likeness (QED) is 0.799. The molecular formula is C15H22N4O3. The first-order valence-corrected chi connectivity index (χ1v) is 7.66. The van der Waals surface area contributed by atoms with E-state index >= 15 is 0 Å². The van der Waals surface area contributed by atoms with Crippen LogP contribution >= 0.6 is 0 Å². The molecule has 1 aliphatic heterocycles. The molecule has 0 spiro atoms. The Morgan fingerprint density at radius 2 is 2.23 bits per heavy atom. The molecule has 7 heteroatoms. The second-order valence-electron chi connectivity index (χ2n) is 5.55. The Bertz CT molecular complexity index is 597. The van der Waals surface area contributed by atoms with Crippen LogP contribution in [0.2, 0.25) is 0 Å². The number of hydrogen-bond acceptors (Lipinski definition) is 4. The van der Waals surface area contributed by atoms with E-state index in [2.05, 4.69) is 15.3 Å². The number of carbonyl (C=O) groups excluding carboxylic acids is 2. The van der Waals surface area contributed by atoms with Gasteiger partial charge in [0.25, 0.3) is 5.56 Å². The zero-order chi connectivity index (χ0) is 15.9. The second kappa shape index (κ2) is 7.72. The fourth-order valence-corrected chi connectivity index (χ4v) is 2.52. The van der Waals surface area contributed by atoms with E-state index in [-0.39, 0.29) is 23.9 Å². The van der Waals surface area contributed by atoms with Crippen molar-refractivity contribution in [1.29, 1.82) is 0 Å². The number of rotatable bonds is 6. The van der Waals surface area contributed by atoms with E-state index in [9.17, 15) is 14.4 Å². The van der Waals surface area contributed by atoms with Gasteiger partial charge in [-0.1, -0.05) is 0 Å². The average Bonchev–Trinajstić information content (AvgIpc) is 2.46. The van der Waals surface area contributed by atoms with Crippen LogP contribution in [0.3, 0.4) is 0 Å². The molecular weight excluding hydrogens is 284 g/mol. The summed E-state index contributed by atoms with van der Waals surface area (Å²) in [4.78, 5) is 43.2. The summed E-state index contributed by atoms with van der Waals surface area (Å²) in [5.74, 6) is 0.534. The number of carbonyl (C=O) groups is 2. The highest BCUT2D eigenvalue weighted by molar-refractivity contribution is 5.77. The molecule has 0 bridgehead atoms. The second-order valence-corrected chi connectivity index (χ2v) is 5.55. The fraction of sp³-hybridized carbons (Fsp3) is 0.600. The largest absolute Gasteiger partial charge is 0.349 e. The molecule has 0 radical (unpaired) electrons. The summed E-state index contributed by atoms with van der Waals surface area (Å²) in [6, 6.07) is 1.40. The summed E-state index contributed by atoms with van der Waals surface area (Å²) >= 11 is 0. The molecule has 0 aliphatic carbocycles. The van der Waals surface area contributed by atoms with Gasteiger partial charge in [-0.3, -0.25) is 14.4 Å². The number of aryl methyl sites for hydroxylation is 1. The predicted molar refractivity (Wildman–Crippen MR) is 81.1 cm³/mol. The zero-order valence-corrected chi connectivity index (χ0v) is 12.9. The molecule has 0 saturated carbocycles. The molecule has 1 aromatic rings. The van der Waals surface area contributed by atoms with E-state index in [1.165, 1.54) is 6.07 Å². The molecule has 1 aromatic heterocycles. The van der Waals surface area contributed by atoms with E-state index < -0.39 is 0 Å². The van der Waals surface area contributed by atoms with Crippen LogP contribution in [0.25, 0.3) is 0 Å². The van der Waals surface area contributed by atoms with Gasteiger partial charge in [0.15, 0.2) is 0 Å². The highest BCUT2D eigenvalue weighted by Crippen LogP contribution is 2.11. The van der Waals surface area contributed by atoms with Crippen molar-refractivity contribution in [3.05, 3.63) is 27.9 Å². The Kier molecular flexibility index (Phi) is 5.68. The monoisotopic (exact) mass is 306 g/mol. The van der Waals surface area contributed by atoms with Gasteiger partial charge in [-0.25, -0.2) is 4.98 Å². The smallest absolute Gasteiger partial charge is 0.251 e. The first-order chi connectivity index (χ1) is 10.5. The Balaban J connectivity index is 1.69. The predicted octanol–water partition coefficient (Wildman–Crippen LogP) is 0.487. The topological polar surface area (TPSA) is 95.2 Å². The molecule has 120 valence electrons. The van der Waals surface area contributed by atoms with Crippen LogP contribution in [0, 0.1) is 6.92 Å². The van der Waals surface area contributed by atoms with Crippen LogP contribution in [-0.4, -0.2) is 39.8 Å². The van der Waals surface area contributed by atoms with Gasteiger partial charge in [0.05, 0.1) is 6.54 Å². The maximum absolute atomic E-state index is 11.8. The number of aromatic amines is 1. The molecule has 2 amide bonds. The van der Waals surface area contributed by atoms with Crippen LogP contribution in [-0.2, 0) is 16.1 Å². The van der Waals surface area contributed by atoms with E-state index in [0.717, 1.165) is 19.4 Å². The molecule has 1 saturated heterocycles. The number of piperidine rings is 1. The van der Waals surface area contributed by atoms with Crippen molar-refractivity contribution < 1.29 is 9.59 Å². The van der Waals surface area contributed by atoms with Crippen molar-refractivity contribution in [3.63, 3.8) is 0 Å². The minimum Gasteiger partial charge on any atom is -0.349 e. The minimum atomic E-state index is -0.222. The number of nitrogens with zero attached hydrogens (tertiary/aromatic N) is 2. The molecule has 2 N–H and O–H groups in total. The highest BCUT2D eigenvalue weighted by atomic mass is 16.2. The summed E-state index contributed by atoms with van der Waals surface area (Å²) in [6.45, 7) is 3.37. The van der Waals surface area contributed by atoms with Gasteiger partial charge < -0.3 is 15.2 Å². The van der Waals surface area contributed by atoms with Gasteiger partial charge in [-0.2, -0.15) is 0 Å². The molecule has 1 aliphatic rings. The van der Waals surface area contributed by atoms with Crippen molar-refractivity contribution in [2.75, 3.05) is 13.1 Å². The van der Waals surface area contributed by atoms with E-state index in [1.54, 1.807) is 6.92 Å². The number of hydrogen-bond donors (Lipinski definition) is 2. The average molecular weight is 306 g/mol. The van der Waals surface area contributed by atoms with Crippen molar-refractivity contribution in [2.24, 2.45) is 0 Å². The first kappa shape index (κ1) is 16.2. The van der Waals surface area contributed by atoms with E-state index in [1.807, 2.05) is 4.90 Å². The van der Waals surface area contributed by atoms with Crippen molar-refractivity contribution in [2.45, 2.75) is 45.6 Å². The van der Waals surface area contributed by atoms with Crippen molar-refractivity contribution >= 4 is 11.8 Å². The Labute approximate surface area is 129 Å². The van der Waals surface area contributed by atoms with Crippen LogP contribution in [0.4, 0.5) is 0 Å². The minimum absolute atomic E-state index is 0.103. The number of nitrogens with one attached hydrogen (secondary N) is 2. The van der Waals surface area contributed by atoms with Gasteiger partial charge in [0.1, 0.15) is 5.82 Å². The lowest BCUT2D eigenvalue weighted by atomic mass is 10.1. The number of amides is 2. The number of aromatic nitrogens is 2. The van der Waals surface area contributed by atoms with Gasteiger partial charge in [-0.05, 0) is 26.2 Å². The van der Waals surface area contributed by atoms with E-state index in [4.69, 9.17) is 0 Å². The van der Waals surface area contributed by atoms with Crippen molar-refractivity contribution in [3.8, 4) is 0 Å². The third kappa shape index (κ3) is 4.98. The van der Waals surface area contributed by atoms with Crippen LogP contribution in [0.15, 0.2) is 10.9 Å². The summed E-state index contributed by atoms with van der Waals surface area (Å²) < 4.78 is 0. The molecule has 1 fully saturated rings. The Hall–Kier alpha value is -2.18. The number of H-pyrrole nitrogens is 1. The normalized spacial score (nSPS) is 15.0. The molecule has 2 heterocycles. The van der Waals surface area contributed by atoms with Crippen LogP contribution in [0.1, 0.15) is 43.6 Å². The van der Waals surface area contributed by atoms with Crippen LogP contribution in [0.5, 0.6) is 0 Å². The maximum atomic E-state index is 11.8. The van der Waals surface area contributed by atoms with Crippen molar-refractivity contribution in [1.82, 2.24) is 20.2 Å². The fourth-order valence-electron chi connectivity index (χ4n) is 2.52. The molecule has 0 unspecified atom stereocenters. The first-order valence-electron chi connectivity index (χ1n) is 7.66. The van der Waals surface area contributed by atoms with Gasteiger partial charge >= 0.3 is 0 Å². The Morgan fingerprint density at radius 3 is 2.95 bits per heavy atom. The summed E-state index contributed by atoms with van der Waals surface area (Å²) in [6.07, 6.45) is 3.65. The Morgan fingerprint density at radius 1 is 1.41 bits per heavy atom. The van der Waals surface area contributed by atoms with Gasteiger partial charge in [0.2, 0.25) is 11.8 Å². The summed E-state index contributed by atoms with van der Waals surface area (Å²) in [5.41, 5.74) is 0.400. The lowest BCUT2D eigenvalue weighted by Gasteiger charge is -2.26. The van der Waals surface area contributed by atoms with Gasteiger partial charge in [0, 0.05) is 37.7 Å². The lowest BCUT2D eigenvalue weighted by molar-refractivity contribution is -0.133. The SMILES string of the molecule is Cc1cc(=O)[nH]c(CNC(=O)CCCN2CCCCC2=O)n1. The third-order valence-corrected chi connectivity index (χ3v) is 3.63. The molecule has 0 atom stereocenters. The molecule has 2 rings (SSSR count). The van der Waals surface area contributed by atoms with Crippen LogP contribution < -0.4 is 10.9 Å². The molecule has 22 heavy (non-hydrogen) atoms. The standard InChI is InChI=1S/C15H22N4O3/c1-11-9-14(21)18-12(17-11)10-16-13(20)5-4-8-19-7-3-2-6-15(19)22/h9H,2-8,10H2,1H3,(H,16,20)(H,17,18,21). The molecule has 0 aromatic carbocycles. The summed E-state index contributed by atoms with van der Waals surface area (Å²) in [7, 11) is 0. The number of likely N-dealkylation sites (tertiary alicyclic amines) is 1. The maximum Gasteiger partial charge on any atom is 0.251 e. The van der Waals surface area contributed by atoms with Gasteiger partial charge in [-0.15, -0.1) is 0 Å². The lowest BCUT2D eigenvalue weighted by Crippen LogP contribution is -2.36. The third-order valence-electron chi connectivity index (χ3n) is 3.63. The highest BCUT2D eigenvalue weighted by Gasteiger charge is 2.17. The van der Waals surface area contributed by atoms with E-state index in [0.29, 0.717) is 37.3 Å². The summed E-state index contributed by atoms with van der Waals surface area (Å²) in [5, 5.41) is 2.73.